The molecular weight excluding hydrogens is 569 g/mol. The van der Waals surface area contributed by atoms with Crippen LogP contribution in [-0.4, -0.2) is 42.3 Å². The van der Waals surface area contributed by atoms with Gasteiger partial charge in [-0.1, -0.05) is 43.3 Å². The van der Waals surface area contributed by atoms with Crippen LogP contribution < -0.4 is 10.6 Å². The second-order valence-electron chi connectivity index (χ2n) is 10.8. The number of benzene rings is 3. The highest BCUT2D eigenvalue weighted by Gasteiger charge is 2.37. The first kappa shape index (κ1) is 32.3. The smallest absolute Gasteiger partial charge is 0.324 e. The van der Waals surface area contributed by atoms with E-state index >= 15 is 0 Å². The van der Waals surface area contributed by atoms with Crippen LogP contribution in [0.15, 0.2) is 83.9 Å². The third-order valence-electron chi connectivity index (χ3n) is 7.89. The molecule has 7 nitrogen and oxygen atoms in total. The van der Waals surface area contributed by atoms with E-state index in [4.69, 9.17) is 0 Å². The molecule has 1 saturated heterocycles. The highest BCUT2D eigenvalue weighted by atomic mass is 19.4. The molecule has 0 spiro atoms. The maximum Gasteiger partial charge on any atom is 0.416 e. The fraction of sp³-hybridized carbons (Fsp3) is 0.294. The van der Waals surface area contributed by atoms with Crippen molar-refractivity contribution in [3.8, 4) is 0 Å². The van der Waals surface area contributed by atoms with E-state index in [-0.39, 0.29) is 29.2 Å². The minimum atomic E-state index is -4.48. The summed E-state index contributed by atoms with van der Waals surface area (Å²) in [5.41, 5.74) is 1.94. The monoisotopic (exact) mass is 604 g/mol. The summed E-state index contributed by atoms with van der Waals surface area (Å²) in [5, 5.41) is 5.54. The number of carbonyl (C=O) groups excluding carboxylic acids is 3. The lowest BCUT2D eigenvalue weighted by Gasteiger charge is -2.28. The Morgan fingerprint density at radius 2 is 1.70 bits per heavy atom. The van der Waals surface area contributed by atoms with Gasteiger partial charge in [-0.05, 0) is 92.5 Å². The maximum atomic E-state index is 13.7. The number of amides is 2. The highest BCUT2D eigenvalue weighted by Crippen LogP contribution is 2.35. The number of nitrogens with one attached hydrogen (secondary N) is 2. The zero-order valence-electron chi connectivity index (χ0n) is 24.6. The van der Waals surface area contributed by atoms with Gasteiger partial charge in [0.25, 0.3) is 0 Å². The Hall–Kier alpha value is -4.57. The van der Waals surface area contributed by atoms with Crippen LogP contribution in [0.5, 0.6) is 0 Å². The third-order valence-corrected chi connectivity index (χ3v) is 7.89. The van der Waals surface area contributed by atoms with E-state index in [0.717, 1.165) is 24.1 Å². The van der Waals surface area contributed by atoms with Crippen molar-refractivity contribution in [3.63, 3.8) is 0 Å². The number of hydrogen-bond donors (Lipinski definition) is 2. The van der Waals surface area contributed by atoms with E-state index in [2.05, 4.69) is 22.3 Å². The van der Waals surface area contributed by atoms with E-state index < -0.39 is 23.7 Å². The van der Waals surface area contributed by atoms with Crippen LogP contribution in [0.1, 0.15) is 49.4 Å². The van der Waals surface area contributed by atoms with Crippen LogP contribution in [0.2, 0.25) is 0 Å². The average molecular weight is 605 g/mol. The quantitative estimate of drug-likeness (QED) is 0.177. The Morgan fingerprint density at radius 3 is 2.32 bits per heavy atom. The number of likely N-dealkylation sites (tertiary alicyclic amines) is 1. The van der Waals surface area contributed by atoms with Gasteiger partial charge >= 0.3 is 6.18 Å². The fourth-order valence-corrected chi connectivity index (χ4v) is 5.67. The molecule has 1 heterocycles. The number of para-hydroxylation sites is 2. The normalized spacial score (nSPS) is 16.8. The molecule has 0 saturated carbocycles. The van der Waals surface area contributed by atoms with E-state index in [1.54, 1.807) is 61.5 Å². The maximum absolute atomic E-state index is 13.7. The van der Waals surface area contributed by atoms with Crippen molar-refractivity contribution in [2.45, 2.75) is 38.9 Å². The van der Waals surface area contributed by atoms with Crippen molar-refractivity contribution in [1.29, 1.82) is 0 Å². The van der Waals surface area contributed by atoms with Crippen LogP contribution in [0.25, 0.3) is 6.08 Å². The largest absolute Gasteiger partial charge is 0.416 e. The number of hydrogen-bond acceptors (Lipinski definition) is 5. The summed E-state index contributed by atoms with van der Waals surface area (Å²) in [6, 6.07) is 17.8. The molecule has 1 aliphatic rings. The van der Waals surface area contributed by atoms with Crippen molar-refractivity contribution in [2.75, 3.05) is 23.7 Å². The standard InChI is InChI=1S/C34H35F3N4O3/c1-4-28(22(2)42)25-19-20-41(21-25)32(33(44)39-27-16-14-26(15-17-27)34(35,36)37)24-12-9-23(10-13-24)11-18-31(43)40-30-8-6-5-7-29(30)38-3/h5-18,25,28,32H,3-4,19-21H2,1-2H3,(H,39,44)(H,40,43)/b18-11+. The SMILES string of the molecule is C=Nc1ccccc1NC(=O)/C=C/c1ccc(C(C(=O)Nc2ccc(C(F)(F)F)cc2)N2CCC(C(CC)C(C)=O)C2)cc1. The molecule has 4 rings (SSSR count). The number of ketones is 1. The highest BCUT2D eigenvalue weighted by molar-refractivity contribution is 6.03. The van der Waals surface area contributed by atoms with Gasteiger partial charge in [0.15, 0.2) is 0 Å². The molecule has 3 aromatic rings. The first-order valence-corrected chi connectivity index (χ1v) is 14.4. The molecule has 1 fully saturated rings. The minimum absolute atomic E-state index is 0.0982. The number of carbonyl (C=O) groups is 3. The Balaban J connectivity index is 1.53. The van der Waals surface area contributed by atoms with E-state index in [0.29, 0.717) is 36.4 Å². The lowest BCUT2D eigenvalue weighted by Crippen LogP contribution is -2.37. The van der Waals surface area contributed by atoms with Gasteiger partial charge in [-0.25, -0.2) is 0 Å². The minimum Gasteiger partial charge on any atom is -0.324 e. The predicted molar refractivity (Wildman–Crippen MR) is 167 cm³/mol. The second-order valence-corrected chi connectivity index (χ2v) is 10.8. The van der Waals surface area contributed by atoms with Crippen molar-refractivity contribution in [3.05, 3.63) is 95.6 Å². The van der Waals surface area contributed by atoms with Crippen LogP contribution in [-0.2, 0) is 20.6 Å². The molecule has 0 aromatic heterocycles. The number of nitrogens with zero attached hydrogens (tertiary/aromatic N) is 2. The first-order valence-electron chi connectivity index (χ1n) is 14.4. The molecule has 230 valence electrons. The lowest BCUT2D eigenvalue weighted by molar-refractivity contribution is -0.137. The molecule has 0 aliphatic carbocycles. The van der Waals surface area contributed by atoms with Gasteiger partial charge in [-0.15, -0.1) is 0 Å². The Bertz CT molecular complexity index is 1520. The molecule has 0 bridgehead atoms. The van der Waals surface area contributed by atoms with Crippen molar-refractivity contribution in [2.24, 2.45) is 16.8 Å². The molecule has 3 unspecified atom stereocenters. The van der Waals surface area contributed by atoms with Crippen LogP contribution >= 0.6 is 0 Å². The van der Waals surface area contributed by atoms with E-state index in [1.165, 1.54) is 18.2 Å². The van der Waals surface area contributed by atoms with Crippen molar-refractivity contribution >= 4 is 47.5 Å². The number of anilines is 2. The zero-order chi connectivity index (χ0) is 31.9. The van der Waals surface area contributed by atoms with Crippen molar-refractivity contribution in [1.82, 2.24) is 4.90 Å². The Morgan fingerprint density at radius 1 is 1.02 bits per heavy atom. The molecule has 0 radical (unpaired) electrons. The molecule has 3 aromatic carbocycles. The predicted octanol–water partition coefficient (Wildman–Crippen LogP) is 7.31. The molecule has 44 heavy (non-hydrogen) atoms. The topological polar surface area (TPSA) is 90.9 Å². The van der Waals surface area contributed by atoms with E-state index in [9.17, 15) is 27.6 Å². The molecule has 2 amide bonds. The van der Waals surface area contributed by atoms with Crippen LogP contribution in [0.3, 0.4) is 0 Å². The molecule has 10 heteroatoms. The number of alkyl halides is 3. The summed E-state index contributed by atoms with van der Waals surface area (Å²) in [5.74, 6) is -0.626. The molecule has 1 aliphatic heterocycles. The van der Waals surface area contributed by atoms with Crippen molar-refractivity contribution < 1.29 is 27.6 Å². The van der Waals surface area contributed by atoms with Crippen LogP contribution in [0, 0.1) is 11.8 Å². The summed E-state index contributed by atoms with van der Waals surface area (Å²) in [7, 11) is 0. The number of rotatable bonds is 11. The summed E-state index contributed by atoms with van der Waals surface area (Å²) in [6.07, 6.45) is 0.0157. The van der Waals surface area contributed by atoms with Gasteiger partial charge in [0.1, 0.15) is 11.8 Å². The van der Waals surface area contributed by atoms with Gasteiger partial charge < -0.3 is 10.6 Å². The van der Waals surface area contributed by atoms with Gasteiger partial charge in [0.05, 0.1) is 16.9 Å². The summed E-state index contributed by atoms with van der Waals surface area (Å²) < 4.78 is 39.1. The Labute approximate surface area is 254 Å². The number of Topliss-reactive ketones (excluding diaryl/α,β-unsaturated/α-hetero) is 1. The summed E-state index contributed by atoms with van der Waals surface area (Å²) in [4.78, 5) is 44.3. The summed E-state index contributed by atoms with van der Waals surface area (Å²) in [6.45, 7) is 8.20. The van der Waals surface area contributed by atoms with Gasteiger partial charge in [-0.2, -0.15) is 13.2 Å². The molecular formula is C34H35F3N4O3. The number of halogens is 3. The van der Waals surface area contributed by atoms with Crippen LogP contribution in [0.4, 0.5) is 30.2 Å². The van der Waals surface area contributed by atoms with Gasteiger partial charge in [0, 0.05) is 24.2 Å². The number of aliphatic imine (C=N–C) groups is 1. The molecule has 2 N–H and O–H groups in total. The van der Waals surface area contributed by atoms with E-state index in [1.807, 2.05) is 11.8 Å². The summed E-state index contributed by atoms with van der Waals surface area (Å²) >= 11 is 0. The molecule has 3 atom stereocenters. The first-order chi connectivity index (χ1) is 21.0. The lowest BCUT2D eigenvalue weighted by atomic mass is 9.86. The second kappa shape index (κ2) is 14.3. The average Bonchev–Trinajstić information content (AvgIpc) is 3.46. The Kier molecular flexibility index (Phi) is 10.5. The fourth-order valence-electron chi connectivity index (χ4n) is 5.67. The van der Waals surface area contributed by atoms with Gasteiger partial charge in [0.2, 0.25) is 11.8 Å². The van der Waals surface area contributed by atoms with Gasteiger partial charge in [-0.3, -0.25) is 24.3 Å². The third kappa shape index (κ3) is 8.08. The zero-order valence-corrected chi connectivity index (χ0v) is 24.6.